The molecule has 3 rings (SSSR count). The van der Waals surface area contributed by atoms with Crippen LogP contribution in [-0.4, -0.2) is 25.9 Å². The molecule has 3 aromatic rings. The largest absolute Gasteiger partial charge is 0.329 e. The highest BCUT2D eigenvalue weighted by Gasteiger charge is 2.08. The van der Waals surface area contributed by atoms with E-state index < -0.39 is 10.8 Å². The van der Waals surface area contributed by atoms with E-state index in [1.165, 1.54) is 0 Å². The van der Waals surface area contributed by atoms with E-state index in [1.807, 2.05) is 42.1 Å². The van der Waals surface area contributed by atoms with Gasteiger partial charge in [0.15, 0.2) is 5.16 Å². The number of aromatic nitrogens is 2. The van der Waals surface area contributed by atoms with E-state index >= 15 is 0 Å². The molecule has 128 valence electrons. The topological polar surface area (TPSA) is 64.0 Å². The lowest BCUT2D eigenvalue weighted by Crippen LogP contribution is -2.11. The molecule has 1 atom stereocenters. The summed E-state index contributed by atoms with van der Waals surface area (Å²) in [7, 11) is 0.900. The van der Waals surface area contributed by atoms with Crippen LogP contribution in [0.1, 0.15) is 10.4 Å². The summed E-state index contributed by atoms with van der Waals surface area (Å²) in [6.07, 6.45) is 5.27. The molecule has 0 saturated heterocycles. The van der Waals surface area contributed by atoms with Crippen molar-refractivity contribution in [3.05, 3.63) is 66.5 Å². The number of hydrogen-bond acceptors (Lipinski definition) is 4. The lowest BCUT2D eigenvalue weighted by molar-refractivity contribution is 0.102. The number of anilines is 1. The molecule has 0 unspecified atom stereocenters. The molecule has 0 fully saturated rings. The minimum absolute atomic E-state index is 0.196. The van der Waals surface area contributed by atoms with Gasteiger partial charge in [-0.15, -0.1) is 0 Å². The average molecular weight is 371 g/mol. The monoisotopic (exact) mass is 371 g/mol. The molecule has 1 N–H and O–H groups in total. The van der Waals surface area contributed by atoms with Crippen molar-refractivity contribution in [2.24, 2.45) is 7.05 Å². The van der Waals surface area contributed by atoms with Crippen molar-refractivity contribution in [1.82, 2.24) is 9.55 Å². The van der Waals surface area contributed by atoms with Crippen molar-refractivity contribution in [2.45, 2.75) is 14.9 Å². The molecular formula is C18H17N3O2S2. The van der Waals surface area contributed by atoms with Gasteiger partial charge in [-0.2, -0.15) is 0 Å². The minimum Gasteiger partial charge on any atom is -0.329 e. The lowest BCUT2D eigenvalue weighted by Gasteiger charge is -2.07. The number of imidazole rings is 1. The Labute approximate surface area is 152 Å². The molecular weight excluding hydrogens is 354 g/mol. The van der Waals surface area contributed by atoms with Gasteiger partial charge in [-0.05, 0) is 48.5 Å². The van der Waals surface area contributed by atoms with E-state index in [4.69, 9.17) is 0 Å². The zero-order valence-electron chi connectivity index (χ0n) is 13.8. The molecule has 5 nitrogen and oxygen atoms in total. The number of hydrogen-bond donors (Lipinski definition) is 1. The van der Waals surface area contributed by atoms with Gasteiger partial charge in [0.1, 0.15) is 0 Å². The van der Waals surface area contributed by atoms with Gasteiger partial charge in [-0.25, -0.2) is 4.98 Å². The molecule has 0 aliphatic carbocycles. The third-order valence-corrected chi connectivity index (χ3v) is 5.57. The lowest BCUT2D eigenvalue weighted by atomic mass is 10.2. The second kappa shape index (κ2) is 7.67. The Hall–Kier alpha value is -2.38. The van der Waals surface area contributed by atoms with Crippen LogP contribution in [0.2, 0.25) is 0 Å². The quantitative estimate of drug-likeness (QED) is 0.745. The van der Waals surface area contributed by atoms with Gasteiger partial charge in [0.25, 0.3) is 5.91 Å². The summed E-state index contributed by atoms with van der Waals surface area (Å²) in [6, 6.07) is 14.4. The van der Waals surface area contributed by atoms with Crippen LogP contribution < -0.4 is 5.32 Å². The van der Waals surface area contributed by atoms with Crippen LogP contribution >= 0.6 is 11.8 Å². The molecule has 0 saturated carbocycles. The minimum atomic E-state index is -1.05. The highest BCUT2D eigenvalue weighted by molar-refractivity contribution is 7.99. The highest BCUT2D eigenvalue weighted by Crippen LogP contribution is 2.26. The van der Waals surface area contributed by atoms with Gasteiger partial charge in [0, 0.05) is 57.5 Å². The van der Waals surface area contributed by atoms with Crippen molar-refractivity contribution >= 4 is 34.2 Å². The van der Waals surface area contributed by atoms with Gasteiger partial charge in [-0.3, -0.25) is 9.00 Å². The number of benzene rings is 2. The van der Waals surface area contributed by atoms with Crippen molar-refractivity contribution in [1.29, 1.82) is 0 Å². The number of amides is 1. The first-order chi connectivity index (χ1) is 12.0. The Kier molecular flexibility index (Phi) is 5.35. The second-order valence-electron chi connectivity index (χ2n) is 5.38. The Bertz CT molecular complexity index is 903. The first kappa shape index (κ1) is 17.4. The summed E-state index contributed by atoms with van der Waals surface area (Å²) in [6.45, 7) is 0. The standard InChI is InChI=1S/C18H17N3O2S2/c1-21-12-11-19-18(21)24-15-7-5-14(6-8-15)20-17(22)13-3-9-16(10-4-13)25(2)23/h3-12H,1-2H3,(H,20,22)/t25-/m0/s1. The number of carbonyl (C=O) groups is 1. The number of rotatable bonds is 5. The Morgan fingerprint density at radius 3 is 2.36 bits per heavy atom. The fourth-order valence-electron chi connectivity index (χ4n) is 2.16. The van der Waals surface area contributed by atoms with Crippen molar-refractivity contribution in [2.75, 3.05) is 11.6 Å². The summed E-state index contributed by atoms with van der Waals surface area (Å²) < 4.78 is 13.3. The maximum atomic E-state index is 12.3. The number of nitrogens with zero attached hydrogens (tertiary/aromatic N) is 2. The van der Waals surface area contributed by atoms with Gasteiger partial charge in [0.05, 0.1) is 0 Å². The smallest absolute Gasteiger partial charge is 0.255 e. The van der Waals surface area contributed by atoms with Gasteiger partial charge in [-0.1, -0.05) is 11.8 Å². The molecule has 1 heterocycles. The molecule has 1 amide bonds. The van der Waals surface area contributed by atoms with E-state index in [2.05, 4.69) is 10.3 Å². The van der Waals surface area contributed by atoms with Gasteiger partial charge >= 0.3 is 0 Å². The maximum Gasteiger partial charge on any atom is 0.255 e. The van der Waals surface area contributed by atoms with E-state index in [-0.39, 0.29) is 5.91 Å². The Balaban J connectivity index is 1.65. The second-order valence-corrected chi connectivity index (χ2v) is 7.80. The number of carbonyl (C=O) groups excluding carboxylic acids is 1. The van der Waals surface area contributed by atoms with Crippen LogP contribution in [0.3, 0.4) is 0 Å². The fraction of sp³-hybridized carbons (Fsp3) is 0.111. The first-order valence-corrected chi connectivity index (χ1v) is 9.90. The van der Waals surface area contributed by atoms with Crippen LogP contribution in [0.4, 0.5) is 5.69 Å². The zero-order valence-corrected chi connectivity index (χ0v) is 15.4. The van der Waals surface area contributed by atoms with E-state index in [9.17, 15) is 9.00 Å². The predicted molar refractivity (Wildman–Crippen MR) is 101 cm³/mol. The summed E-state index contributed by atoms with van der Waals surface area (Å²) in [4.78, 5) is 18.3. The van der Waals surface area contributed by atoms with E-state index in [1.54, 1.807) is 48.5 Å². The summed E-state index contributed by atoms with van der Waals surface area (Å²) in [5.41, 5.74) is 1.25. The Morgan fingerprint density at radius 2 is 1.80 bits per heavy atom. The van der Waals surface area contributed by atoms with Crippen LogP contribution in [-0.2, 0) is 17.8 Å². The van der Waals surface area contributed by atoms with Crippen LogP contribution in [0, 0.1) is 0 Å². The van der Waals surface area contributed by atoms with Crippen molar-refractivity contribution in [3.63, 3.8) is 0 Å². The SMILES string of the molecule is Cn1ccnc1Sc1ccc(NC(=O)c2ccc([S@](C)=O)cc2)cc1. The van der Waals surface area contributed by atoms with Gasteiger partial charge < -0.3 is 9.88 Å². The summed E-state index contributed by atoms with van der Waals surface area (Å²) >= 11 is 1.56. The maximum absolute atomic E-state index is 12.3. The number of nitrogens with one attached hydrogen (secondary N) is 1. The molecule has 1 aromatic heterocycles. The zero-order chi connectivity index (χ0) is 17.8. The van der Waals surface area contributed by atoms with Crippen LogP contribution in [0.25, 0.3) is 0 Å². The van der Waals surface area contributed by atoms with E-state index in [0.29, 0.717) is 10.5 Å². The van der Waals surface area contributed by atoms with Crippen LogP contribution in [0.15, 0.2) is 75.9 Å². The third-order valence-electron chi connectivity index (χ3n) is 3.55. The summed E-state index contributed by atoms with van der Waals surface area (Å²) in [5.74, 6) is -0.196. The molecule has 0 spiro atoms. The molecule has 25 heavy (non-hydrogen) atoms. The molecule has 0 radical (unpaired) electrons. The Morgan fingerprint density at radius 1 is 1.12 bits per heavy atom. The van der Waals surface area contributed by atoms with Crippen molar-refractivity contribution in [3.8, 4) is 0 Å². The van der Waals surface area contributed by atoms with Crippen molar-refractivity contribution < 1.29 is 9.00 Å². The molecule has 0 aliphatic rings. The third kappa shape index (κ3) is 4.37. The molecule has 0 aliphatic heterocycles. The fourth-order valence-corrected chi connectivity index (χ4v) is 3.48. The van der Waals surface area contributed by atoms with E-state index in [0.717, 1.165) is 15.7 Å². The van der Waals surface area contributed by atoms with Crippen LogP contribution in [0.5, 0.6) is 0 Å². The molecule has 0 bridgehead atoms. The predicted octanol–water partition coefficient (Wildman–Crippen LogP) is 3.56. The molecule has 2 aromatic carbocycles. The average Bonchev–Trinajstić information content (AvgIpc) is 3.01. The van der Waals surface area contributed by atoms with Gasteiger partial charge in [0.2, 0.25) is 0 Å². The molecule has 7 heteroatoms. The highest BCUT2D eigenvalue weighted by atomic mass is 32.2. The normalized spacial score (nSPS) is 11.9. The number of aryl methyl sites for hydroxylation is 1. The summed E-state index contributed by atoms with van der Waals surface area (Å²) in [5, 5.41) is 3.77. The first-order valence-electron chi connectivity index (χ1n) is 7.53.